The van der Waals surface area contributed by atoms with Crippen LogP contribution in [0.5, 0.6) is 0 Å². The van der Waals surface area contributed by atoms with Gasteiger partial charge in [0.05, 0.1) is 19.1 Å². The fraction of sp³-hybridized carbons (Fsp3) is 0.955. The van der Waals surface area contributed by atoms with Gasteiger partial charge in [-0.2, -0.15) is 0 Å². The maximum Gasteiger partial charge on any atom is 0.308 e. The summed E-state index contributed by atoms with van der Waals surface area (Å²) in [5.41, 5.74) is 0. The molecule has 0 aromatic rings. The number of unbranched alkanes of at least 4 members (excludes halogenated alkanes) is 6. The molecule has 0 radical (unpaired) electrons. The minimum Gasteiger partial charge on any atom is -0.466 e. The van der Waals surface area contributed by atoms with E-state index in [1.54, 1.807) is 6.92 Å². The van der Waals surface area contributed by atoms with Crippen molar-refractivity contribution in [2.45, 2.75) is 117 Å². The SMILES string of the molecule is CCOC(=O)CC(O)CCCCCCC(C)CCCCCCC(C)C. The van der Waals surface area contributed by atoms with Gasteiger partial charge < -0.3 is 9.84 Å². The van der Waals surface area contributed by atoms with Crippen LogP contribution in [-0.2, 0) is 9.53 Å². The molecular formula is C22H44O3. The van der Waals surface area contributed by atoms with Gasteiger partial charge in [-0.05, 0) is 25.2 Å². The Hall–Kier alpha value is -0.570. The lowest BCUT2D eigenvalue weighted by Gasteiger charge is -2.12. The number of aliphatic hydroxyl groups is 1. The van der Waals surface area contributed by atoms with E-state index < -0.39 is 6.10 Å². The van der Waals surface area contributed by atoms with Gasteiger partial charge in [-0.1, -0.05) is 91.4 Å². The van der Waals surface area contributed by atoms with Crippen LogP contribution in [0.25, 0.3) is 0 Å². The molecule has 0 amide bonds. The zero-order chi connectivity index (χ0) is 18.9. The molecule has 0 heterocycles. The topological polar surface area (TPSA) is 46.5 Å². The molecule has 0 fully saturated rings. The van der Waals surface area contributed by atoms with Crippen molar-refractivity contribution in [2.75, 3.05) is 6.61 Å². The Kier molecular flexibility index (Phi) is 16.5. The van der Waals surface area contributed by atoms with E-state index in [0.717, 1.165) is 24.7 Å². The largest absolute Gasteiger partial charge is 0.466 e. The van der Waals surface area contributed by atoms with E-state index in [4.69, 9.17) is 4.74 Å². The normalized spacial score (nSPS) is 13.8. The monoisotopic (exact) mass is 356 g/mol. The average molecular weight is 357 g/mol. The van der Waals surface area contributed by atoms with Gasteiger partial charge in [-0.25, -0.2) is 0 Å². The van der Waals surface area contributed by atoms with E-state index in [9.17, 15) is 9.90 Å². The van der Waals surface area contributed by atoms with E-state index in [2.05, 4.69) is 20.8 Å². The van der Waals surface area contributed by atoms with Crippen molar-refractivity contribution in [2.24, 2.45) is 11.8 Å². The average Bonchev–Trinajstić information content (AvgIpc) is 2.53. The third kappa shape index (κ3) is 18.0. The Labute approximate surface area is 156 Å². The number of carbonyl (C=O) groups excluding carboxylic acids is 1. The van der Waals surface area contributed by atoms with Crippen LogP contribution >= 0.6 is 0 Å². The summed E-state index contributed by atoms with van der Waals surface area (Å²) in [7, 11) is 0. The number of hydrogen-bond acceptors (Lipinski definition) is 3. The molecule has 150 valence electrons. The maximum absolute atomic E-state index is 11.3. The highest BCUT2D eigenvalue weighted by atomic mass is 16.5. The Bertz CT molecular complexity index is 302. The Morgan fingerprint density at radius 2 is 1.28 bits per heavy atom. The smallest absolute Gasteiger partial charge is 0.308 e. The Morgan fingerprint density at radius 1 is 0.800 bits per heavy atom. The molecule has 0 aromatic carbocycles. The minimum atomic E-state index is -0.534. The molecule has 3 nitrogen and oxygen atoms in total. The molecule has 2 atom stereocenters. The van der Waals surface area contributed by atoms with Gasteiger partial charge in [0.15, 0.2) is 0 Å². The first-order valence-corrected chi connectivity index (χ1v) is 10.8. The number of rotatable bonds is 17. The van der Waals surface area contributed by atoms with Gasteiger partial charge >= 0.3 is 5.97 Å². The molecule has 0 aliphatic rings. The van der Waals surface area contributed by atoms with Crippen LogP contribution in [0.1, 0.15) is 111 Å². The van der Waals surface area contributed by atoms with Gasteiger partial charge in [0.25, 0.3) is 0 Å². The van der Waals surface area contributed by atoms with Crippen LogP contribution in [0.3, 0.4) is 0 Å². The number of esters is 1. The van der Waals surface area contributed by atoms with Crippen molar-refractivity contribution in [3.05, 3.63) is 0 Å². The first kappa shape index (κ1) is 24.4. The van der Waals surface area contributed by atoms with Crippen LogP contribution in [0.2, 0.25) is 0 Å². The van der Waals surface area contributed by atoms with E-state index in [-0.39, 0.29) is 12.4 Å². The summed E-state index contributed by atoms with van der Waals surface area (Å²) in [5.74, 6) is 1.41. The van der Waals surface area contributed by atoms with Crippen LogP contribution in [0.15, 0.2) is 0 Å². The van der Waals surface area contributed by atoms with E-state index in [0.29, 0.717) is 13.0 Å². The van der Waals surface area contributed by atoms with Crippen molar-refractivity contribution in [1.82, 2.24) is 0 Å². The molecule has 0 saturated heterocycles. The number of carbonyl (C=O) groups is 1. The molecule has 0 rings (SSSR count). The quantitative estimate of drug-likeness (QED) is 0.247. The fourth-order valence-corrected chi connectivity index (χ4v) is 3.28. The van der Waals surface area contributed by atoms with Crippen LogP contribution in [0.4, 0.5) is 0 Å². The molecule has 25 heavy (non-hydrogen) atoms. The molecule has 0 aliphatic carbocycles. The van der Waals surface area contributed by atoms with Crippen molar-refractivity contribution >= 4 is 5.97 Å². The number of ether oxygens (including phenoxy) is 1. The van der Waals surface area contributed by atoms with Gasteiger partial charge in [-0.15, -0.1) is 0 Å². The molecule has 0 saturated carbocycles. The molecule has 0 aromatic heterocycles. The van der Waals surface area contributed by atoms with Gasteiger partial charge in [0.1, 0.15) is 0 Å². The fourth-order valence-electron chi connectivity index (χ4n) is 3.28. The zero-order valence-corrected chi connectivity index (χ0v) is 17.4. The molecular weight excluding hydrogens is 312 g/mol. The van der Waals surface area contributed by atoms with Crippen molar-refractivity contribution < 1.29 is 14.6 Å². The highest BCUT2D eigenvalue weighted by Crippen LogP contribution is 2.19. The second-order valence-electron chi connectivity index (χ2n) is 8.15. The highest BCUT2D eigenvalue weighted by Gasteiger charge is 2.11. The van der Waals surface area contributed by atoms with Crippen LogP contribution < -0.4 is 0 Å². The lowest BCUT2D eigenvalue weighted by atomic mass is 9.95. The minimum absolute atomic E-state index is 0.141. The molecule has 3 heteroatoms. The molecule has 2 unspecified atom stereocenters. The number of hydrogen-bond donors (Lipinski definition) is 1. The molecule has 0 spiro atoms. The summed E-state index contributed by atoms with van der Waals surface area (Å²) in [6.45, 7) is 9.18. The first-order chi connectivity index (χ1) is 12.0. The summed E-state index contributed by atoms with van der Waals surface area (Å²) in [4.78, 5) is 11.3. The summed E-state index contributed by atoms with van der Waals surface area (Å²) in [5, 5.41) is 9.78. The van der Waals surface area contributed by atoms with Gasteiger partial charge in [0.2, 0.25) is 0 Å². The number of aliphatic hydroxyl groups excluding tert-OH is 1. The Morgan fingerprint density at radius 3 is 1.76 bits per heavy atom. The molecule has 0 bridgehead atoms. The van der Waals surface area contributed by atoms with Crippen molar-refractivity contribution in [3.8, 4) is 0 Å². The Balaban J connectivity index is 3.37. The standard InChI is InChI=1S/C22H44O3/c1-5-25-22(24)18-21(23)17-13-9-8-12-16-20(4)15-11-7-6-10-14-19(2)3/h19-21,23H,5-18H2,1-4H3. The third-order valence-corrected chi connectivity index (χ3v) is 4.92. The zero-order valence-electron chi connectivity index (χ0n) is 17.4. The lowest BCUT2D eigenvalue weighted by Crippen LogP contribution is -2.15. The maximum atomic E-state index is 11.3. The van der Waals surface area contributed by atoms with Crippen molar-refractivity contribution in [1.29, 1.82) is 0 Å². The van der Waals surface area contributed by atoms with E-state index in [1.165, 1.54) is 57.8 Å². The van der Waals surface area contributed by atoms with Crippen LogP contribution in [-0.4, -0.2) is 23.8 Å². The van der Waals surface area contributed by atoms with Gasteiger partial charge in [0, 0.05) is 0 Å². The predicted octanol–water partition coefficient (Wildman–Crippen LogP) is 6.27. The first-order valence-electron chi connectivity index (χ1n) is 10.8. The summed E-state index contributed by atoms with van der Waals surface area (Å²) < 4.78 is 4.85. The lowest BCUT2D eigenvalue weighted by molar-refractivity contribution is -0.145. The molecule has 1 N–H and O–H groups in total. The van der Waals surface area contributed by atoms with Crippen molar-refractivity contribution in [3.63, 3.8) is 0 Å². The third-order valence-electron chi connectivity index (χ3n) is 4.92. The summed E-state index contributed by atoms with van der Waals surface area (Å²) in [6, 6.07) is 0. The second kappa shape index (κ2) is 16.9. The summed E-state index contributed by atoms with van der Waals surface area (Å²) in [6.07, 6.45) is 14.7. The van der Waals surface area contributed by atoms with Crippen LogP contribution in [0, 0.1) is 11.8 Å². The van der Waals surface area contributed by atoms with E-state index in [1.807, 2.05) is 0 Å². The predicted molar refractivity (Wildman–Crippen MR) is 107 cm³/mol. The molecule has 0 aliphatic heterocycles. The highest BCUT2D eigenvalue weighted by molar-refractivity contribution is 5.69. The van der Waals surface area contributed by atoms with E-state index >= 15 is 0 Å². The second-order valence-corrected chi connectivity index (χ2v) is 8.15. The summed E-state index contributed by atoms with van der Waals surface area (Å²) >= 11 is 0. The van der Waals surface area contributed by atoms with Gasteiger partial charge in [-0.3, -0.25) is 4.79 Å².